The van der Waals surface area contributed by atoms with Crippen LogP contribution in [0, 0.1) is 11.7 Å². The third kappa shape index (κ3) is 6.34. The fourth-order valence-electron chi connectivity index (χ4n) is 2.90. The molecule has 0 aromatic heterocycles. The zero-order valence-electron chi connectivity index (χ0n) is 15.3. The Morgan fingerprint density at radius 2 is 1.92 bits per heavy atom. The number of hydrogen-bond acceptors (Lipinski definition) is 4. The van der Waals surface area contributed by atoms with Gasteiger partial charge in [0.05, 0.1) is 19.0 Å². The molecule has 0 unspecified atom stereocenters. The van der Waals surface area contributed by atoms with Crippen LogP contribution in [0.25, 0.3) is 0 Å². The molecule has 1 heterocycles. The van der Waals surface area contributed by atoms with Crippen molar-refractivity contribution in [2.45, 2.75) is 32.7 Å². The lowest BCUT2D eigenvalue weighted by Crippen LogP contribution is -2.52. The van der Waals surface area contributed by atoms with Crippen LogP contribution in [0.2, 0.25) is 0 Å². The van der Waals surface area contributed by atoms with E-state index in [2.05, 4.69) is 4.72 Å². The second-order valence-electron chi connectivity index (χ2n) is 6.90. The Morgan fingerprint density at radius 3 is 2.54 bits per heavy atom. The predicted molar refractivity (Wildman–Crippen MR) is 97.7 cm³/mol. The standard InChI is InChI=1S/C18H27FN2O4S/c1-14(2)13-17(18(22)21-8-10-25-11-9-21)20-26(23,24)12-7-15-5-3-4-6-16(15)19/h3-6,14,17,20H,7-13H2,1-2H3/t17-/m0/s1. The number of amides is 1. The Morgan fingerprint density at radius 1 is 1.27 bits per heavy atom. The second kappa shape index (κ2) is 9.43. The number of rotatable bonds is 8. The molecule has 0 aliphatic carbocycles. The van der Waals surface area contributed by atoms with E-state index in [1.807, 2.05) is 13.8 Å². The quantitative estimate of drug-likeness (QED) is 0.736. The van der Waals surface area contributed by atoms with E-state index in [1.165, 1.54) is 6.07 Å². The van der Waals surface area contributed by atoms with Crippen LogP contribution >= 0.6 is 0 Å². The van der Waals surface area contributed by atoms with Crippen molar-refractivity contribution in [1.82, 2.24) is 9.62 Å². The van der Waals surface area contributed by atoms with Gasteiger partial charge in [-0.15, -0.1) is 0 Å². The molecule has 146 valence electrons. The topological polar surface area (TPSA) is 75.7 Å². The molecular weight excluding hydrogens is 359 g/mol. The van der Waals surface area contributed by atoms with Crippen molar-refractivity contribution in [2.75, 3.05) is 32.1 Å². The van der Waals surface area contributed by atoms with E-state index in [9.17, 15) is 17.6 Å². The summed E-state index contributed by atoms with van der Waals surface area (Å²) in [6.07, 6.45) is 0.470. The first-order valence-corrected chi connectivity index (χ1v) is 10.5. The first-order valence-electron chi connectivity index (χ1n) is 8.88. The molecule has 26 heavy (non-hydrogen) atoms. The highest BCUT2D eigenvalue weighted by molar-refractivity contribution is 7.89. The number of sulfonamides is 1. The lowest BCUT2D eigenvalue weighted by molar-refractivity contribution is -0.137. The summed E-state index contributed by atoms with van der Waals surface area (Å²) in [6.45, 7) is 5.72. The van der Waals surface area contributed by atoms with Gasteiger partial charge in [0.1, 0.15) is 11.9 Å². The third-order valence-electron chi connectivity index (χ3n) is 4.25. The van der Waals surface area contributed by atoms with Gasteiger partial charge in [-0.05, 0) is 30.4 Å². The van der Waals surface area contributed by atoms with Crippen molar-refractivity contribution in [3.8, 4) is 0 Å². The highest BCUT2D eigenvalue weighted by Crippen LogP contribution is 2.12. The molecule has 0 bridgehead atoms. The molecule has 0 radical (unpaired) electrons. The molecule has 1 fully saturated rings. The van der Waals surface area contributed by atoms with Crippen LogP contribution < -0.4 is 4.72 Å². The molecule has 1 aliphatic rings. The van der Waals surface area contributed by atoms with Gasteiger partial charge in [-0.1, -0.05) is 32.0 Å². The smallest absolute Gasteiger partial charge is 0.240 e. The van der Waals surface area contributed by atoms with E-state index in [0.717, 1.165) is 0 Å². The molecule has 6 nitrogen and oxygen atoms in total. The van der Waals surface area contributed by atoms with E-state index in [-0.39, 0.29) is 24.0 Å². The van der Waals surface area contributed by atoms with Gasteiger partial charge in [0, 0.05) is 13.1 Å². The SMILES string of the molecule is CC(C)C[C@H](NS(=O)(=O)CCc1ccccc1F)C(=O)N1CCOCC1. The minimum atomic E-state index is -3.72. The van der Waals surface area contributed by atoms with Crippen molar-refractivity contribution in [2.24, 2.45) is 5.92 Å². The zero-order valence-corrected chi connectivity index (χ0v) is 16.1. The first kappa shape index (κ1) is 20.8. The van der Waals surface area contributed by atoms with Crippen LogP contribution in [0.1, 0.15) is 25.8 Å². The van der Waals surface area contributed by atoms with Crippen molar-refractivity contribution in [1.29, 1.82) is 0 Å². The van der Waals surface area contributed by atoms with Crippen LogP contribution in [-0.2, 0) is 26.0 Å². The van der Waals surface area contributed by atoms with Gasteiger partial charge in [0.15, 0.2) is 0 Å². The van der Waals surface area contributed by atoms with Crippen molar-refractivity contribution in [3.05, 3.63) is 35.6 Å². The predicted octanol–water partition coefficient (Wildman–Crippen LogP) is 1.56. The van der Waals surface area contributed by atoms with E-state index >= 15 is 0 Å². The average molecular weight is 386 g/mol. The number of carbonyl (C=O) groups is 1. The van der Waals surface area contributed by atoms with Gasteiger partial charge in [-0.25, -0.2) is 17.5 Å². The number of benzene rings is 1. The van der Waals surface area contributed by atoms with Gasteiger partial charge in [-0.3, -0.25) is 4.79 Å². The zero-order chi connectivity index (χ0) is 19.2. The molecule has 1 amide bonds. The maximum atomic E-state index is 13.7. The molecule has 1 saturated heterocycles. The van der Waals surface area contributed by atoms with Crippen molar-refractivity contribution < 1.29 is 22.3 Å². The summed E-state index contributed by atoms with van der Waals surface area (Å²) in [5.41, 5.74) is 0.345. The van der Waals surface area contributed by atoms with Crippen LogP contribution in [0.5, 0.6) is 0 Å². The second-order valence-corrected chi connectivity index (χ2v) is 8.77. The highest BCUT2D eigenvalue weighted by atomic mass is 32.2. The molecule has 0 saturated carbocycles. The Bertz CT molecular complexity index is 703. The van der Waals surface area contributed by atoms with Gasteiger partial charge in [0.25, 0.3) is 0 Å². The van der Waals surface area contributed by atoms with Gasteiger partial charge >= 0.3 is 0 Å². The highest BCUT2D eigenvalue weighted by Gasteiger charge is 2.30. The Kier molecular flexibility index (Phi) is 7.55. The molecule has 1 atom stereocenters. The van der Waals surface area contributed by atoms with Crippen molar-refractivity contribution >= 4 is 15.9 Å². The molecule has 0 spiro atoms. The molecule has 1 aromatic rings. The Labute approximate surface area is 154 Å². The van der Waals surface area contributed by atoms with E-state index in [1.54, 1.807) is 23.1 Å². The summed E-state index contributed by atoms with van der Waals surface area (Å²) in [5.74, 6) is -0.764. The Hall–Kier alpha value is -1.51. The number of nitrogens with zero attached hydrogens (tertiary/aromatic N) is 1. The fourth-order valence-corrected chi connectivity index (χ4v) is 4.13. The lowest BCUT2D eigenvalue weighted by Gasteiger charge is -2.31. The van der Waals surface area contributed by atoms with Crippen LogP contribution in [0.4, 0.5) is 4.39 Å². The number of carbonyl (C=O) groups excluding carboxylic acids is 1. The van der Waals surface area contributed by atoms with Gasteiger partial charge < -0.3 is 9.64 Å². The minimum absolute atomic E-state index is 0.0577. The summed E-state index contributed by atoms with van der Waals surface area (Å²) < 4.78 is 46.4. The number of nitrogens with one attached hydrogen (secondary N) is 1. The summed E-state index contributed by atoms with van der Waals surface area (Å²) in [4.78, 5) is 14.4. The molecule has 8 heteroatoms. The third-order valence-corrected chi connectivity index (χ3v) is 5.63. The van der Waals surface area contributed by atoms with E-state index < -0.39 is 21.9 Å². The van der Waals surface area contributed by atoms with Crippen LogP contribution in [0.15, 0.2) is 24.3 Å². The van der Waals surface area contributed by atoms with Crippen LogP contribution in [0.3, 0.4) is 0 Å². The minimum Gasteiger partial charge on any atom is -0.378 e. The maximum Gasteiger partial charge on any atom is 0.240 e. The normalized spacial score (nSPS) is 16.7. The molecular formula is C18H27FN2O4S. The molecule has 1 aromatic carbocycles. The van der Waals surface area contributed by atoms with Crippen molar-refractivity contribution in [3.63, 3.8) is 0 Å². The number of aryl methyl sites for hydroxylation is 1. The summed E-state index contributed by atoms with van der Waals surface area (Å²) >= 11 is 0. The first-order chi connectivity index (χ1) is 12.3. The Balaban J connectivity index is 2.03. The molecule has 1 N–H and O–H groups in total. The number of hydrogen-bond donors (Lipinski definition) is 1. The largest absolute Gasteiger partial charge is 0.378 e. The molecule has 1 aliphatic heterocycles. The number of halogens is 1. The summed E-state index contributed by atoms with van der Waals surface area (Å²) in [5, 5.41) is 0. The van der Waals surface area contributed by atoms with Gasteiger partial charge in [-0.2, -0.15) is 0 Å². The monoisotopic (exact) mass is 386 g/mol. The fraction of sp³-hybridized carbons (Fsp3) is 0.611. The summed E-state index contributed by atoms with van der Waals surface area (Å²) in [7, 11) is -3.72. The summed E-state index contributed by atoms with van der Waals surface area (Å²) in [6, 6.07) is 5.29. The van der Waals surface area contributed by atoms with Gasteiger partial charge in [0.2, 0.25) is 15.9 Å². The van der Waals surface area contributed by atoms with E-state index in [0.29, 0.717) is 38.3 Å². The van der Waals surface area contributed by atoms with E-state index in [4.69, 9.17) is 4.74 Å². The average Bonchev–Trinajstić information content (AvgIpc) is 2.60. The molecule has 2 rings (SSSR count). The maximum absolute atomic E-state index is 13.7. The number of ether oxygens (including phenoxy) is 1. The number of morpholine rings is 1. The van der Waals surface area contributed by atoms with Crippen LogP contribution in [-0.4, -0.2) is 57.3 Å². The lowest BCUT2D eigenvalue weighted by atomic mass is 10.0.